The molecule has 0 aliphatic heterocycles. The van der Waals surface area contributed by atoms with E-state index in [0.29, 0.717) is 23.8 Å². The van der Waals surface area contributed by atoms with E-state index in [1.165, 1.54) is 0 Å². The maximum Gasteiger partial charge on any atom is 0.254 e. The Morgan fingerprint density at radius 3 is 2.63 bits per heavy atom. The van der Waals surface area contributed by atoms with E-state index in [0.717, 1.165) is 24.1 Å². The maximum absolute atomic E-state index is 12.4. The van der Waals surface area contributed by atoms with E-state index in [4.69, 9.17) is 11.6 Å². The molecule has 19 heavy (non-hydrogen) atoms. The minimum absolute atomic E-state index is 0.0212. The van der Waals surface area contributed by atoms with Crippen LogP contribution in [-0.2, 0) is 6.42 Å². The van der Waals surface area contributed by atoms with Crippen LogP contribution < -0.4 is 0 Å². The number of hydrogen-bond acceptors (Lipinski definition) is 2. The van der Waals surface area contributed by atoms with Gasteiger partial charge in [0.2, 0.25) is 0 Å². The highest BCUT2D eigenvalue weighted by atomic mass is 35.5. The standard InChI is InChI=1S/C15H21ClN2O/c1-5-7-13-8-12(9-14(16)17-13)15(19)18(6-2)10-11(3)4/h8-9H,3,5-7,10H2,1-2,4H3. The van der Waals surface area contributed by atoms with E-state index in [1.54, 1.807) is 11.0 Å². The van der Waals surface area contributed by atoms with Crippen molar-refractivity contribution < 1.29 is 4.79 Å². The first-order valence-corrected chi connectivity index (χ1v) is 6.95. The van der Waals surface area contributed by atoms with Gasteiger partial charge in [0.15, 0.2) is 0 Å². The highest BCUT2D eigenvalue weighted by Crippen LogP contribution is 2.15. The summed E-state index contributed by atoms with van der Waals surface area (Å²) in [6.07, 6.45) is 1.80. The zero-order valence-electron chi connectivity index (χ0n) is 11.9. The summed E-state index contributed by atoms with van der Waals surface area (Å²) < 4.78 is 0. The third-order valence-electron chi connectivity index (χ3n) is 2.73. The summed E-state index contributed by atoms with van der Waals surface area (Å²) in [7, 11) is 0. The number of pyridine rings is 1. The number of aryl methyl sites for hydroxylation is 1. The van der Waals surface area contributed by atoms with Gasteiger partial charge < -0.3 is 4.90 Å². The van der Waals surface area contributed by atoms with Crippen molar-refractivity contribution in [2.24, 2.45) is 0 Å². The number of amides is 1. The molecule has 0 aliphatic carbocycles. The molecule has 0 radical (unpaired) electrons. The molecule has 4 heteroatoms. The van der Waals surface area contributed by atoms with Crippen molar-refractivity contribution in [3.05, 3.63) is 40.7 Å². The van der Waals surface area contributed by atoms with Crippen molar-refractivity contribution in [2.75, 3.05) is 13.1 Å². The number of carbonyl (C=O) groups excluding carboxylic acids is 1. The minimum Gasteiger partial charge on any atom is -0.335 e. The van der Waals surface area contributed by atoms with Crippen LogP contribution in [0.15, 0.2) is 24.3 Å². The molecule has 0 spiro atoms. The van der Waals surface area contributed by atoms with Gasteiger partial charge in [0, 0.05) is 24.3 Å². The molecule has 1 rings (SSSR count). The fraction of sp³-hybridized carbons (Fsp3) is 0.467. The Kier molecular flexibility index (Phi) is 6.03. The monoisotopic (exact) mass is 280 g/mol. The molecule has 0 fully saturated rings. The molecule has 0 saturated heterocycles. The van der Waals surface area contributed by atoms with E-state index in [9.17, 15) is 4.79 Å². The quantitative estimate of drug-likeness (QED) is 0.588. The fourth-order valence-electron chi connectivity index (χ4n) is 1.89. The average molecular weight is 281 g/mol. The number of nitrogens with zero attached hydrogens (tertiary/aromatic N) is 2. The number of rotatable bonds is 6. The normalized spacial score (nSPS) is 10.3. The molecule has 104 valence electrons. The van der Waals surface area contributed by atoms with Crippen molar-refractivity contribution >= 4 is 17.5 Å². The fourth-order valence-corrected chi connectivity index (χ4v) is 2.12. The van der Waals surface area contributed by atoms with E-state index in [-0.39, 0.29) is 5.91 Å². The molecule has 0 saturated carbocycles. The number of carbonyl (C=O) groups is 1. The molecular weight excluding hydrogens is 260 g/mol. The Bertz CT molecular complexity index is 471. The summed E-state index contributed by atoms with van der Waals surface area (Å²) in [5, 5.41) is 0.376. The van der Waals surface area contributed by atoms with Crippen LogP contribution in [0.1, 0.15) is 43.2 Å². The second-order valence-corrected chi connectivity index (χ2v) is 5.08. The largest absolute Gasteiger partial charge is 0.335 e. The van der Waals surface area contributed by atoms with Crippen molar-refractivity contribution in [3.8, 4) is 0 Å². The van der Waals surface area contributed by atoms with Gasteiger partial charge in [-0.2, -0.15) is 0 Å². The Labute approximate surface area is 120 Å². The third kappa shape index (κ3) is 4.67. The summed E-state index contributed by atoms with van der Waals surface area (Å²) in [6, 6.07) is 3.46. The molecule has 1 heterocycles. The molecule has 0 aromatic carbocycles. The highest BCUT2D eigenvalue weighted by Gasteiger charge is 2.15. The maximum atomic E-state index is 12.4. The van der Waals surface area contributed by atoms with Gasteiger partial charge >= 0.3 is 0 Å². The Morgan fingerprint density at radius 2 is 2.11 bits per heavy atom. The molecule has 1 aromatic heterocycles. The third-order valence-corrected chi connectivity index (χ3v) is 2.92. The Morgan fingerprint density at radius 1 is 1.42 bits per heavy atom. The van der Waals surface area contributed by atoms with Crippen LogP contribution >= 0.6 is 11.6 Å². The van der Waals surface area contributed by atoms with E-state index >= 15 is 0 Å². The summed E-state index contributed by atoms with van der Waals surface area (Å²) in [4.78, 5) is 18.4. The Balaban J connectivity index is 3.00. The van der Waals surface area contributed by atoms with Gasteiger partial charge in [-0.3, -0.25) is 4.79 Å². The van der Waals surface area contributed by atoms with Gasteiger partial charge in [-0.1, -0.05) is 37.1 Å². The predicted molar refractivity (Wildman–Crippen MR) is 79.6 cm³/mol. The predicted octanol–water partition coefficient (Wildman–Crippen LogP) is 3.73. The van der Waals surface area contributed by atoms with Crippen LogP contribution in [0, 0.1) is 0 Å². The van der Waals surface area contributed by atoms with Crippen LogP contribution in [0.4, 0.5) is 0 Å². The second kappa shape index (κ2) is 7.29. The van der Waals surface area contributed by atoms with Gasteiger partial charge in [0.25, 0.3) is 5.91 Å². The Hall–Kier alpha value is -1.35. The van der Waals surface area contributed by atoms with Crippen LogP contribution in [0.3, 0.4) is 0 Å². The average Bonchev–Trinajstić information content (AvgIpc) is 2.34. The number of aromatic nitrogens is 1. The number of halogens is 1. The first kappa shape index (κ1) is 15.7. The summed E-state index contributed by atoms with van der Waals surface area (Å²) in [6.45, 7) is 11.0. The van der Waals surface area contributed by atoms with Crippen molar-refractivity contribution in [3.63, 3.8) is 0 Å². The molecule has 0 aliphatic rings. The highest BCUT2D eigenvalue weighted by molar-refractivity contribution is 6.29. The lowest BCUT2D eigenvalue weighted by Gasteiger charge is -2.21. The molecule has 0 atom stereocenters. The van der Waals surface area contributed by atoms with Crippen LogP contribution in [0.5, 0.6) is 0 Å². The zero-order valence-corrected chi connectivity index (χ0v) is 12.6. The van der Waals surface area contributed by atoms with Crippen LogP contribution in [0.25, 0.3) is 0 Å². The van der Waals surface area contributed by atoms with Crippen molar-refractivity contribution in [1.82, 2.24) is 9.88 Å². The van der Waals surface area contributed by atoms with Crippen molar-refractivity contribution in [1.29, 1.82) is 0 Å². The molecule has 0 bridgehead atoms. The lowest BCUT2D eigenvalue weighted by atomic mass is 10.1. The first-order chi connectivity index (χ1) is 8.97. The molecule has 3 nitrogen and oxygen atoms in total. The SMILES string of the molecule is C=C(C)CN(CC)C(=O)c1cc(Cl)nc(CCC)c1. The zero-order chi connectivity index (χ0) is 14.4. The van der Waals surface area contributed by atoms with Gasteiger partial charge in [0.05, 0.1) is 0 Å². The summed E-state index contributed by atoms with van der Waals surface area (Å²) >= 11 is 5.98. The molecule has 0 N–H and O–H groups in total. The van der Waals surface area contributed by atoms with Gasteiger partial charge in [0.1, 0.15) is 5.15 Å². The lowest BCUT2D eigenvalue weighted by Crippen LogP contribution is -2.32. The van der Waals surface area contributed by atoms with Gasteiger partial charge in [-0.05, 0) is 32.4 Å². The van der Waals surface area contributed by atoms with Crippen LogP contribution in [0.2, 0.25) is 5.15 Å². The van der Waals surface area contributed by atoms with Crippen LogP contribution in [-0.4, -0.2) is 28.9 Å². The van der Waals surface area contributed by atoms with E-state index in [2.05, 4.69) is 18.5 Å². The summed E-state index contributed by atoms with van der Waals surface area (Å²) in [5.74, 6) is -0.0212. The second-order valence-electron chi connectivity index (χ2n) is 4.70. The van der Waals surface area contributed by atoms with Gasteiger partial charge in [-0.15, -0.1) is 0 Å². The summed E-state index contributed by atoms with van der Waals surface area (Å²) in [5.41, 5.74) is 2.43. The number of hydrogen-bond donors (Lipinski definition) is 0. The van der Waals surface area contributed by atoms with E-state index in [1.807, 2.05) is 19.9 Å². The topological polar surface area (TPSA) is 33.2 Å². The van der Waals surface area contributed by atoms with Gasteiger partial charge in [-0.25, -0.2) is 4.98 Å². The smallest absolute Gasteiger partial charge is 0.254 e. The minimum atomic E-state index is -0.0212. The molecule has 0 unspecified atom stereocenters. The van der Waals surface area contributed by atoms with Crippen molar-refractivity contribution in [2.45, 2.75) is 33.6 Å². The molecule has 1 aromatic rings. The molecule has 1 amide bonds. The first-order valence-electron chi connectivity index (χ1n) is 6.58. The number of likely N-dealkylation sites (N-methyl/N-ethyl adjacent to an activating group) is 1. The van der Waals surface area contributed by atoms with E-state index < -0.39 is 0 Å². The lowest BCUT2D eigenvalue weighted by molar-refractivity contribution is 0.0778. The molecular formula is C15H21ClN2O.